The molecular formula is C19H18BrFN4O. The molecular weight excluding hydrogens is 399 g/mol. The van der Waals surface area contributed by atoms with Crippen molar-refractivity contribution < 1.29 is 8.91 Å². The first kappa shape index (κ1) is 16.4. The summed E-state index contributed by atoms with van der Waals surface area (Å²) in [5.41, 5.74) is 2.53. The zero-order chi connectivity index (χ0) is 17.7. The summed E-state index contributed by atoms with van der Waals surface area (Å²) in [4.78, 5) is 9.48. The molecule has 2 saturated heterocycles. The van der Waals surface area contributed by atoms with Crippen molar-refractivity contribution in [1.82, 2.24) is 19.9 Å². The van der Waals surface area contributed by atoms with Crippen molar-refractivity contribution in [2.24, 2.45) is 0 Å². The van der Waals surface area contributed by atoms with E-state index in [9.17, 15) is 4.39 Å². The largest absolute Gasteiger partial charge is 0.356 e. The predicted molar refractivity (Wildman–Crippen MR) is 98.9 cm³/mol. The third-order valence-electron chi connectivity index (χ3n) is 5.48. The number of nitrogens with zero attached hydrogens (tertiary/aromatic N) is 4. The van der Waals surface area contributed by atoms with E-state index in [1.165, 1.54) is 18.6 Å². The number of hydrogen-bond donors (Lipinski definition) is 0. The fourth-order valence-corrected chi connectivity index (χ4v) is 4.43. The lowest BCUT2D eigenvalue weighted by atomic mass is 10.2. The van der Waals surface area contributed by atoms with Crippen LogP contribution >= 0.6 is 15.9 Å². The monoisotopic (exact) mass is 416 g/mol. The molecule has 4 heterocycles. The average Bonchev–Trinajstić information content (AvgIpc) is 3.32. The summed E-state index contributed by atoms with van der Waals surface area (Å²) in [5, 5.41) is 5.07. The molecule has 0 radical (unpaired) electrons. The Morgan fingerprint density at radius 3 is 2.65 bits per heavy atom. The minimum atomic E-state index is -0.294. The quantitative estimate of drug-likeness (QED) is 0.650. The summed E-state index contributed by atoms with van der Waals surface area (Å²) in [7, 11) is 0. The van der Waals surface area contributed by atoms with Crippen molar-refractivity contribution in [2.75, 3.05) is 13.1 Å². The van der Waals surface area contributed by atoms with Crippen molar-refractivity contribution in [3.63, 3.8) is 0 Å². The minimum absolute atomic E-state index is 0.294. The van der Waals surface area contributed by atoms with E-state index >= 15 is 0 Å². The average molecular weight is 417 g/mol. The van der Waals surface area contributed by atoms with Crippen LogP contribution in [0.1, 0.15) is 17.8 Å². The Kier molecular flexibility index (Phi) is 4.03. The van der Waals surface area contributed by atoms with E-state index in [0.717, 1.165) is 47.4 Å². The molecule has 2 bridgehead atoms. The van der Waals surface area contributed by atoms with Gasteiger partial charge in [0.05, 0.1) is 5.69 Å². The second-order valence-corrected chi connectivity index (χ2v) is 8.06. The Hall–Kier alpha value is -1.83. The van der Waals surface area contributed by atoms with Gasteiger partial charge in [0.2, 0.25) is 0 Å². The first-order chi connectivity index (χ1) is 12.7. The third-order valence-corrected chi connectivity index (χ3v) is 5.95. The number of fused-ring (bicyclic) bond motifs is 3. The van der Waals surface area contributed by atoms with Crippen LogP contribution in [0.25, 0.3) is 11.0 Å². The molecule has 2 aliphatic heterocycles. The van der Waals surface area contributed by atoms with E-state index in [0.29, 0.717) is 17.7 Å². The topological polar surface area (TPSA) is 45.4 Å². The molecule has 0 saturated carbocycles. The van der Waals surface area contributed by atoms with Crippen molar-refractivity contribution in [3.05, 3.63) is 58.2 Å². The van der Waals surface area contributed by atoms with Gasteiger partial charge in [0.15, 0.2) is 5.58 Å². The fraction of sp³-hybridized carbons (Fsp3) is 0.368. The smallest absolute Gasteiger partial charge is 0.170 e. The number of piperazine rings is 1. The van der Waals surface area contributed by atoms with Gasteiger partial charge in [-0.25, -0.2) is 4.39 Å². The van der Waals surface area contributed by atoms with Gasteiger partial charge < -0.3 is 4.52 Å². The summed E-state index contributed by atoms with van der Waals surface area (Å²) < 4.78 is 19.6. The molecule has 0 N–H and O–H groups in total. The maximum absolute atomic E-state index is 13.3. The highest BCUT2D eigenvalue weighted by atomic mass is 79.9. The highest BCUT2D eigenvalue weighted by molar-refractivity contribution is 9.10. The molecule has 0 spiro atoms. The van der Waals surface area contributed by atoms with Gasteiger partial charge in [0, 0.05) is 60.4 Å². The van der Waals surface area contributed by atoms with Crippen LogP contribution in [0, 0.1) is 5.82 Å². The Morgan fingerprint density at radius 2 is 1.92 bits per heavy atom. The number of rotatable bonds is 4. The maximum Gasteiger partial charge on any atom is 0.170 e. The Bertz CT molecular complexity index is 944. The summed E-state index contributed by atoms with van der Waals surface area (Å²) in [6.45, 7) is 3.72. The van der Waals surface area contributed by atoms with Gasteiger partial charge in [-0.05, 0) is 46.6 Å². The summed E-state index contributed by atoms with van der Waals surface area (Å²) in [5.74, 6) is -0.294. The van der Waals surface area contributed by atoms with Crippen LogP contribution in [-0.2, 0) is 13.1 Å². The van der Waals surface area contributed by atoms with Crippen molar-refractivity contribution >= 4 is 26.9 Å². The van der Waals surface area contributed by atoms with E-state index < -0.39 is 0 Å². The number of pyridine rings is 1. The zero-order valence-electron chi connectivity index (χ0n) is 14.1. The van der Waals surface area contributed by atoms with Gasteiger partial charge in [0.25, 0.3) is 0 Å². The Morgan fingerprint density at radius 1 is 1.12 bits per heavy atom. The van der Waals surface area contributed by atoms with Crippen LogP contribution in [0.15, 0.2) is 45.5 Å². The summed E-state index contributed by atoms with van der Waals surface area (Å²) >= 11 is 3.43. The first-order valence-corrected chi connectivity index (χ1v) is 9.57. The highest BCUT2D eigenvalue weighted by Gasteiger charge is 2.43. The molecule has 5 rings (SSSR count). The fourth-order valence-electron chi connectivity index (χ4n) is 4.20. The second kappa shape index (κ2) is 6.40. The molecule has 134 valence electrons. The lowest BCUT2D eigenvalue weighted by molar-refractivity contribution is 0.115. The van der Waals surface area contributed by atoms with Crippen LogP contribution < -0.4 is 0 Å². The third kappa shape index (κ3) is 2.94. The van der Waals surface area contributed by atoms with Crippen LogP contribution in [0.3, 0.4) is 0 Å². The number of likely N-dealkylation sites (tertiary alicyclic amines) is 2. The van der Waals surface area contributed by atoms with E-state index in [4.69, 9.17) is 4.52 Å². The van der Waals surface area contributed by atoms with Gasteiger partial charge >= 0.3 is 0 Å². The first-order valence-electron chi connectivity index (χ1n) is 8.78. The Labute approximate surface area is 158 Å². The van der Waals surface area contributed by atoms with Gasteiger partial charge in [0.1, 0.15) is 11.5 Å². The van der Waals surface area contributed by atoms with Gasteiger partial charge in [-0.1, -0.05) is 5.16 Å². The normalized spacial score (nSPS) is 23.3. The molecule has 1 aromatic carbocycles. The maximum atomic E-state index is 13.3. The van der Waals surface area contributed by atoms with Crippen LogP contribution in [-0.4, -0.2) is 45.1 Å². The van der Waals surface area contributed by atoms with Crippen molar-refractivity contribution in [1.29, 1.82) is 0 Å². The van der Waals surface area contributed by atoms with Gasteiger partial charge in [-0.15, -0.1) is 0 Å². The van der Waals surface area contributed by atoms with E-state index in [-0.39, 0.29) is 5.82 Å². The second-order valence-electron chi connectivity index (χ2n) is 7.14. The number of aromatic nitrogens is 2. The van der Waals surface area contributed by atoms with E-state index in [1.54, 1.807) is 6.07 Å². The predicted octanol–water partition coefficient (Wildman–Crippen LogP) is 3.58. The molecule has 7 heteroatoms. The molecule has 2 unspecified atom stereocenters. The molecule has 2 atom stereocenters. The molecule has 26 heavy (non-hydrogen) atoms. The molecule has 0 amide bonds. The number of halogens is 2. The van der Waals surface area contributed by atoms with Gasteiger partial charge in [-0.3, -0.25) is 14.8 Å². The minimum Gasteiger partial charge on any atom is -0.356 e. The molecule has 2 aliphatic rings. The van der Waals surface area contributed by atoms with E-state index in [2.05, 4.69) is 41.9 Å². The van der Waals surface area contributed by atoms with E-state index in [1.807, 2.05) is 12.3 Å². The summed E-state index contributed by atoms with van der Waals surface area (Å²) in [6, 6.07) is 9.83. The highest BCUT2D eigenvalue weighted by Crippen LogP contribution is 2.33. The van der Waals surface area contributed by atoms with Gasteiger partial charge in [-0.2, -0.15) is 0 Å². The standard InChI is InChI=1S/C19H18BrFN4O/c20-12-1-3-14(22-7-12)8-24-9-16-6-15(24)10-25(16)11-18-17-4-2-13(21)5-19(17)26-23-18/h1-5,7,15-16H,6,8-11H2. The molecule has 2 fully saturated rings. The lowest BCUT2D eigenvalue weighted by Gasteiger charge is -2.33. The molecule has 3 aromatic rings. The van der Waals surface area contributed by atoms with Crippen molar-refractivity contribution in [2.45, 2.75) is 31.6 Å². The Balaban J connectivity index is 1.26. The van der Waals surface area contributed by atoms with Crippen LogP contribution in [0.4, 0.5) is 4.39 Å². The molecule has 0 aliphatic carbocycles. The number of hydrogen-bond acceptors (Lipinski definition) is 5. The molecule has 5 nitrogen and oxygen atoms in total. The SMILES string of the molecule is Fc1ccc2c(CN3CC4CC3CN4Cc3ccc(Br)cn3)noc2c1. The lowest BCUT2D eigenvalue weighted by Crippen LogP contribution is -2.45. The van der Waals surface area contributed by atoms with Crippen LogP contribution in [0.5, 0.6) is 0 Å². The summed E-state index contributed by atoms with van der Waals surface area (Å²) in [6.07, 6.45) is 3.04. The van der Waals surface area contributed by atoms with Crippen molar-refractivity contribution in [3.8, 4) is 0 Å². The zero-order valence-corrected chi connectivity index (χ0v) is 15.7. The molecule has 2 aromatic heterocycles. The van der Waals surface area contributed by atoms with Crippen LogP contribution in [0.2, 0.25) is 0 Å². The number of benzene rings is 1.